The van der Waals surface area contributed by atoms with Gasteiger partial charge in [-0.1, -0.05) is 53.5 Å². The van der Waals surface area contributed by atoms with Gasteiger partial charge in [0.05, 0.1) is 23.5 Å². The number of sulfonamides is 1. The summed E-state index contributed by atoms with van der Waals surface area (Å²) in [6, 6.07) is 14.5. The van der Waals surface area contributed by atoms with E-state index in [1.807, 2.05) is 13.8 Å². The van der Waals surface area contributed by atoms with Gasteiger partial charge in [0.25, 0.3) is 15.9 Å². The van der Waals surface area contributed by atoms with Gasteiger partial charge in [-0.05, 0) is 44.2 Å². The van der Waals surface area contributed by atoms with Crippen LogP contribution in [0.3, 0.4) is 0 Å². The number of methoxy groups -OCH3 is 1. The molecule has 1 unspecified atom stereocenters. The van der Waals surface area contributed by atoms with Gasteiger partial charge in [0.15, 0.2) is 5.54 Å². The summed E-state index contributed by atoms with van der Waals surface area (Å²) in [7, 11) is -3.23. The molecule has 3 amide bonds. The van der Waals surface area contributed by atoms with Crippen molar-refractivity contribution in [2.75, 3.05) is 29.8 Å². The van der Waals surface area contributed by atoms with Crippen molar-refractivity contribution in [2.24, 2.45) is 5.73 Å². The van der Waals surface area contributed by atoms with Gasteiger partial charge in [-0.15, -0.1) is 0 Å². The van der Waals surface area contributed by atoms with Crippen LogP contribution in [0.5, 0.6) is 5.75 Å². The van der Waals surface area contributed by atoms with E-state index in [9.17, 15) is 18.0 Å². The lowest BCUT2D eigenvalue weighted by Crippen LogP contribution is -2.50. The number of halogens is 2. The van der Waals surface area contributed by atoms with Crippen LogP contribution in [0.15, 0.2) is 65.6 Å². The molecule has 0 aliphatic carbocycles. The Morgan fingerprint density at radius 1 is 1.03 bits per heavy atom. The fraction of sp³-hybridized carbons (Fsp3) is 0.231. The third kappa shape index (κ3) is 4.27. The van der Waals surface area contributed by atoms with Gasteiger partial charge in [-0.25, -0.2) is 17.5 Å². The summed E-state index contributed by atoms with van der Waals surface area (Å²) in [6.45, 7) is 4.42. The van der Waals surface area contributed by atoms with Crippen LogP contribution in [0.25, 0.3) is 0 Å². The molecule has 0 saturated carbocycles. The van der Waals surface area contributed by atoms with E-state index in [0.717, 1.165) is 0 Å². The molecule has 0 bridgehead atoms. The Kier molecular flexibility index (Phi) is 7.62. The average molecular weight is 577 g/mol. The quantitative estimate of drug-likeness (QED) is 0.416. The standard InChI is InChI=1S/C26H26Cl2N4O5S/c1-4-31(5-2)25(34)30-23-18(28)14-15-19-22(23)26(29,16-10-6-7-11-17(16)27)24(33)32(19)38(35,36)21-13-9-8-12-20(21)37-3/h6-15H,4-5,29H2,1-3H3,(H,30,34). The molecule has 1 atom stereocenters. The molecule has 1 aliphatic rings. The number of amides is 3. The average Bonchev–Trinajstić information content (AvgIpc) is 3.14. The lowest BCUT2D eigenvalue weighted by atomic mass is 9.83. The zero-order valence-electron chi connectivity index (χ0n) is 20.9. The minimum atomic E-state index is -4.55. The Bertz CT molecular complexity index is 1530. The molecule has 4 rings (SSSR count). The second-order valence-corrected chi connectivity index (χ2v) is 11.0. The summed E-state index contributed by atoms with van der Waals surface area (Å²) in [5, 5.41) is 2.94. The molecule has 1 aliphatic heterocycles. The van der Waals surface area contributed by atoms with E-state index in [1.54, 1.807) is 18.2 Å². The molecule has 9 nitrogen and oxygen atoms in total. The molecule has 3 aromatic carbocycles. The van der Waals surface area contributed by atoms with Crippen LogP contribution in [-0.4, -0.2) is 45.5 Å². The lowest BCUT2D eigenvalue weighted by Gasteiger charge is -2.28. The summed E-state index contributed by atoms with van der Waals surface area (Å²) < 4.78 is 33.9. The number of carbonyl (C=O) groups excluding carboxylic acids is 2. The Morgan fingerprint density at radius 2 is 1.66 bits per heavy atom. The minimum absolute atomic E-state index is 0.00193. The SMILES string of the molecule is CCN(CC)C(=O)Nc1c(Cl)ccc2c1C(N)(c1ccccc1Cl)C(=O)N2S(=O)(=O)c1ccccc1OC. The summed E-state index contributed by atoms with van der Waals surface area (Å²) in [5.41, 5.74) is 4.84. The number of nitrogens with two attached hydrogens (primary N) is 1. The van der Waals surface area contributed by atoms with Crippen molar-refractivity contribution in [1.29, 1.82) is 0 Å². The molecular formula is C26H26Cl2N4O5S. The van der Waals surface area contributed by atoms with E-state index < -0.39 is 27.5 Å². The number of anilines is 2. The van der Waals surface area contributed by atoms with Crippen LogP contribution in [0.2, 0.25) is 10.0 Å². The van der Waals surface area contributed by atoms with Gasteiger partial charge < -0.3 is 20.7 Å². The Morgan fingerprint density at radius 3 is 2.29 bits per heavy atom. The van der Waals surface area contributed by atoms with Gasteiger partial charge >= 0.3 is 6.03 Å². The third-order valence-corrected chi connectivity index (χ3v) is 8.82. The van der Waals surface area contributed by atoms with E-state index in [0.29, 0.717) is 17.4 Å². The van der Waals surface area contributed by atoms with Crippen LogP contribution in [0, 0.1) is 0 Å². The largest absolute Gasteiger partial charge is 0.495 e. The zero-order chi connectivity index (χ0) is 27.8. The van der Waals surface area contributed by atoms with Crippen molar-refractivity contribution in [3.05, 3.63) is 81.8 Å². The van der Waals surface area contributed by atoms with Gasteiger partial charge in [-0.3, -0.25) is 4.79 Å². The topological polar surface area (TPSA) is 122 Å². The third-order valence-electron chi connectivity index (χ3n) is 6.44. The number of urea groups is 1. The van der Waals surface area contributed by atoms with Crippen LogP contribution < -0.4 is 20.1 Å². The highest BCUT2D eigenvalue weighted by molar-refractivity contribution is 7.93. The number of para-hydroxylation sites is 1. The normalized spacial score (nSPS) is 16.8. The number of nitrogens with zero attached hydrogens (tertiary/aromatic N) is 2. The second-order valence-electron chi connectivity index (χ2n) is 8.43. The number of fused-ring (bicyclic) bond motifs is 1. The van der Waals surface area contributed by atoms with E-state index in [1.165, 1.54) is 54.5 Å². The predicted octanol–water partition coefficient (Wildman–Crippen LogP) is 4.81. The van der Waals surface area contributed by atoms with Crippen LogP contribution >= 0.6 is 23.2 Å². The van der Waals surface area contributed by atoms with E-state index in [4.69, 9.17) is 33.7 Å². The first kappa shape index (κ1) is 27.7. The number of hydrogen-bond acceptors (Lipinski definition) is 6. The van der Waals surface area contributed by atoms with Crippen LogP contribution in [-0.2, 0) is 20.4 Å². The molecule has 200 valence electrons. The highest BCUT2D eigenvalue weighted by Crippen LogP contribution is 2.52. The summed E-state index contributed by atoms with van der Waals surface area (Å²) in [6.07, 6.45) is 0. The Balaban J connectivity index is 2.04. The number of ether oxygens (including phenoxy) is 1. The highest BCUT2D eigenvalue weighted by atomic mass is 35.5. The highest BCUT2D eigenvalue weighted by Gasteiger charge is 2.56. The fourth-order valence-corrected chi connectivity index (χ4v) is 6.65. The van der Waals surface area contributed by atoms with E-state index in [-0.39, 0.29) is 43.2 Å². The number of nitrogens with one attached hydrogen (secondary N) is 1. The monoisotopic (exact) mass is 576 g/mol. The molecule has 12 heteroatoms. The van der Waals surface area contributed by atoms with Gasteiger partial charge in [0.2, 0.25) is 0 Å². The maximum absolute atomic E-state index is 14.2. The van der Waals surface area contributed by atoms with Crippen molar-refractivity contribution in [1.82, 2.24) is 4.90 Å². The number of rotatable bonds is 7. The van der Waals surface area contributed by atoms with Gasteiger partial charge in [-0.2, -0.15) is 0 Å². The Labute approximate surface area is 231 Å². The second kappa shape index (κ2) is 10.5. The summed E-state index contributed by atoms with van der Waals surface area (Å²) >= 11 is 13.0. The molecule has 3 aromatic rings. The zero-order valence-corrected chi connectivity index (χ0v) is 23.2. The van der Waals surface area contributed by atoms with Gasteiger partial charge in [0.1, 0.15) is 10.6 Å². The number of carbonyl (C=O) groups is 2. The molecule has 0 radical (unpaired) electrons. The first-order chi connectivity index (χ1) is 18.0. The fourth-order valence-electron chi connectivity index (χ4n) is 4.53. The predicted molar refractivity (Wildman–Crippen MR) is 147 cm³/mol. The van der Waals surface area contributed by atoms with Crippen LogP contribution in [0.1, 0.15) is 25.0 Å². The molecule has 0 spiro atoms. The van der Waals surface area contributed by atoms with Crippen molar-refractivity contribution >= 4 is 56.5 Å². The smallest absolute Gasteiger partial charge is 0.321 e. The first-order valence-corrected chi connectivity index (χ1v) is 13.9. The van der Waals surface area contributed by atoms with Crippen molar-refractivity contribution < 1.29 is 22.7 Å². The minimum Gasteiger partial charge on any atom is -0.495 e. The van der Waals surface area contributed by atoms with Crippen molar-refractivity contribution in [3.8, 4) is 5.75 Å². The molecule has 0 fully saturated rings. The molecule has 1 heterocycles. The Hall–Kier alpha value is -3.31. The van der Waals surface area contributed by atoms with E-state index >= 15 is 0 Å². The molecule has 0 saturated heterocycles. The first-order valence-electron chi connectivity index (χ1n) is 11.7. The maximum Gasteiger partial charge on any atom is 0.321 e. The van der Waals surface area contributed by atoms with Crippen molar-refractivity contribution in [3.63, 3.8) is 0 Å². The lowest BCUT2D eigenvalue weighted by molar-refractivity contribution is -0.120. The maximum atomic E-state index is 14.2. The van der Waals surface area contributed by atoms with E-state index in [2.05, 4.69) is 5.32 Å². The van der Waals surface area contributed by atoms with Crippen molar-refractivity contribution in [2.45, 2.75) is 24.3 Å². The molecule has 0 aromatic heterocycles. The molecule has 38 heavy (non-hydrogen) atoms. The van der Waals surface area contributed by atoms with Gasteiger partial charge in [0, 0.05) is 29.2 Å². The van der Waals surface area contributed by atoms with Crippen LogP contribution in [0.4, 0.5) is 16.2 Å². The summed E-state index contributed by atoms with van der Waals surface area (Å²) in [5.74, 6) is -0.953. The number of benzene rings is 3. The number of hydrogen-bond donors (Lipinski definition) is 2. The molecular weight excluding hydrogens is 551 g/mol. The summed E-state index contributed by atoms with van der Waals surface area (Å²) in [4.78, 5) is 28.5. The molecule has 3 N–H and O–H groups in total.